The van der Waals surface area contributed by atoms with Crippen LogP contribution in [0.4, 0.5) is 4.39 Å². The van der Waals surface area contributed by atoms with Crippen molar-refractivity contribution >= 4 is 29.9 Å². The highest BCUT2D eigenvalue weighted by atomic mass is 35.5. The van der Waals surface area contributed by atoms with Crippen LogP contribution in [0.2, 0.25) is 5.02 Å². The second-order valence-electron chi connectivity index (χ2n) is 6.21. The van der Waals surface area contributed by atoms with Gasteiger partial charge in [0, 0.05) is 35.0 Å². The van der Waals surface area contributed by atoms with Gasteiger partial charge in [-0.05, 0) is 37.3 Å². The molecule has 0 aliphatic heterocycles. The van der Waals surface area contributed by atoms with Crippen molar-refractivity contribution in [2.24, 2.45) is 11.7 Å². The predicted octanol–water partition coefficient (Wildman–Crippen LogP) is 3.39. The number of nitrogens with two attached hydrogens (primary N) is 1. The lowest BCUT2D eigenvalue weighted by Gasteiger charge is -2.15. The zero-order chi connectivity index (χ0) is 15.0. The summed E-state index contributed by atoms with van der Waals surface area (Å²) in [6, 6.07) is 4.85. The molecule has 3 N–H and O–H groups in total. The summed E-state index contributed by atoms with van der Waals surface area (Å²) in [5.41, 5.74) is 6.51. The zero-order valence-corrected chi connectivity index (χ0v) is 13.8. The highest BCUT2D eigenvalue weighted by Crippen LogP contribution is 2.45. The van der Waals surface area contributed by atoms with E-state index in [1.165, 1.54) is 6.07 Å². The van der Waals surface area contributed by atoms with Gasteiger partial charge >= 0.3 is 0 Å². The van der Waals surface area contributed by atoms with E-state index in [2.05, 4.69) is 5.32 Å². The zero-order valence-electron chi connectivity index (χ0n) is 12.2. The van der Waals surface area contributed by atoms with Gasteiger partial charge in [0.05, 0.1) is 0 Å². The Hall–Kier alpha value is -0.840. The van der Waals surface area contributed by atoms with Crippen LogP contribution in [-0.4, -0.2) is 18.0 Å². The lowest BCUT2D eigenvalue weighted by atomic mass is 10.00. The second kappa shape index (κ2) is 7.16. The summed E-state index contributed by atoms with van der Waals surface area (Å²) in [6.07, 6.45) is 4.38. The number of benzene rings is 1. The fourth-order valence-electron chi connectivity index (χ4n) is 3.36. The number of hydrogen-bond acceptors (Lipinski definition) is 2. The maximum Gasteiger partial charge on any atom is 0.220 e. The third-order valence-corrected chi connectivity index (χ3v) is 5.00. The van der Waals surface area contributed by atoms with Gasteiger partial charge < -0.3 is 11.1 Å². The van der Waals surface area contributed by atoms with E-state index < -0.39 is 0 Å². The highest BCUT2D eigenvalue weighted by Gasteiger charge is 2.42. The molecule has 0 heterocycles. The fourth-order valence-corrected chi connectivity index (χ4v) is 3.66. The quantitative estimate of drug-likeness (QED) is 0.877. The monoisotopic (exact) mass is 346 g/mol. The van der Waals surface area contributed by atoms with Gasteiger partial charge in [0.15, 0.2) is 0 Å². The van der Waals surface area contributed by atoms with Crippen LogP contribution in [0, 0.1) is 11.7 Å². The molecule has 2 aliphatic carbocycles. The summed E-state index contributed by atoms with van der Waals surface area (Å²) < 4.78 is 13.8. The van der Waals surface area contributed by atoms with E-state index in [-0.39, 0.29) is 42.1 Å². The minimum atomic E-state index is -0.290. The highest BCUT2D eigenvalue weighted by molar-refractivity contribution is 6.31. The molecule has 0 bridgehead atoms. The van der Waals surface area contributed by atoms with Crippen LogP contribution in [-0.2, 0) is 4.79 Å². The van der Waals surface area contributed by atoms with Gasteiger partial charge in [0.25, 0.3) is 0 Å². The SMILES string of the molecule is Cl.N[C@@H]1CCC[C@H]1CC(=O)NC1CC1c1c(F)cccc1Cl. The molecule has 122 valence electrons. The molecule has 2 aliphatic rings. The van der Waals surface area contributed by atoms with Crippen LogP contribution in [0.15, 0.2) is 18.2 Å². The van der Waals surface area contributed by atoms with Crippen LogP contribution >= 0.6 is 24.0 Å². The largest absolute Gasteiger partial charge is 0.353 e. The smallest absolute Gasteiger partial charge is 0.220 e. The first-order chi connectivity index (χ1) is 10.1. The topological polar surface area (TPSA) is 55.1 Å². The molecule has 2 saturated carbocycles. The van der Waals surface area contributed by atoms with Crippen LogP contribution in [0.1, 0.15) is 43.6 Å². The molecule has 2 unspecified atom stereocenters. The number of amides is 1. The third kappa shape index (κ3) is 3.73. The Labute approximate surface area is 141 Å². The molecule has 2 fully saturated rings. The van der Waals surface area contributed by atoms with Crippen LogP contribution in [0.3, 0.4) is 0 Å². The van der Waals surface area contributed by atoms with E-state index in [9.17, 15) is 9.18 Å². The first kappa shape index (κ1) is 17.5. The van der Waals surface area contributed by atoms with E-state index in [0.29, 0.717) is 22.9 Å². The average Bonchev–Trinajstić information content (AvgIpc) is 3.03. The maximum atomic E-state index is 13.8. The van der Waals surface area contributed by atoms with Gasteiger partial charge in [0.2, 0.25) is 5.91 Å². The summed E-state index contributed by atoms with van der Waals surface area (Å²) in [4.78, 5) is 12.0. The van der Waals surface area contributed by atoms with Gasteiger partial charge in [-0.2, -0.15) is 0 Å². The Morgan fingerprint density at radius 2 is 2.18 bits per heavy atom. The number of halogens is 3. The van der Waals surface area contributed by atoms with Crippen LogP contribution in [0.5, 0.6) is 0 Å². The van der Waals surface area contributed by atoms with Gasteiger partial charge in [-0.1, -0.05) is 24.1 Å². The second-order valence-corrected chi connectivity index (χ2v) is 6.62. The summed E-state index contributed by atoms with van der Waals surface area (Å²) >= 11 is 6.05. The molecule has 0 aromatic heterocycles. The number of carbonyl (C=O) groups excluding carboxylic acids is 1. The minimum Gasteiger partial charge on any atom is -0.353 e. The Kier molecular flexibility index (Phi) is 5.70. The molecule has 3 rings (SSSR count). The van der Waals surface area contributed by atoms with Crippen molar-refractivity contribution in [1.82, 2.24) is 5.32 Å². The van der Waals surface area contributed by atoms with Crippen molar-refractivity contribution in [2.45, 2.75) is 50.1 Å². The Balaban J connectivity index is 0.00000176. The van der Waals surface area contributed by atoms with Crippen molar-refractivity contribution in [2.75, 3.05) is 0 Å². The summed E-state index contributed by atoms with van der Waals surface area (Å²) in [6.45, 7) is 0. The van der Waals surface area contributed by atoms with E-state index >= 15 is 0 Å². The molecule has 3 nitrogen and oxygen atoms in total. The maximum absolute atomic E-state index is 13.8. The molecule has 0 saturated heterocycles. The Morgan fingerprint density at radius 3 is 2.82 bits per heavy atom. The Bertz CT molecular complexity index is 535. The van der Waals surface area contributed by atoms with Crippen molar-refractivity contribution in [1.29, 1.82) is 0 Å². The van der Waals surface area contributed by atoms with Gasteiger partial charge in [-0.25, -0.2) is 4.39 Å². The van der Waals surface area contributed by atoms with Crippen molar-refractivity contribution < 1.29 is 9.18 Å². The van der Waals surface area contributed by atoms with Gasteiger partial charge in [0.1, 0.15) is 5.82 Å². The molecule has 0 spiro atoms. The normalized spacial score (nSPS) is 29.8. The summed E-state index contributed by atoms with van der Waals surface area (Å²) in [7, 11) is 0. The van der Waals surface area contributed by atoms with E-state index in [4.69, 9.17) is 17.3 Å². The number of nitrogens with one attached hydrogen (secondary N) is 1. The predicted molar refractivity (Wildman–Crippen MR) is 87.9 cm³/mol. The molecular weight excluding hydrogens is 326 g/mol. The van der Waals surface area contributed by atoms with E-state index in [1.807, 2.05) is 0 Å². The molecule has 22 heavy (non-hydrogen) atoms. The van der Waals surface area contributed by atoms with Crippen LogP contribution < -0.4 is 11.1 Å². The molecule has 4 atom stereocenters. The molecular formula is C16H21Cl2FN2O. The number of hydrogen-bond donors (Lipinski definition) is 2. The average molecular weight is 347 g/mol. The van der Waals surface area contributed by atoms with Crippen molar-refractivity contribution in [3.63, 3.8) is 0 Å². The van der Waals surface area contributed by atoms with Crippen LogP contribution in [0.25, 0.3) is 0 Å². The summed E-state index contributed by atoms with van der Waals surface area (Å²) in [5, 5.41) is 3.42. The van der Waals surface area contributed by atoms with E-state index in [0.717, 1.165) is 25.7 Å². The first-order valence-electron chi connectivity index (χ1n) is 7.55. The lowest BCUT2D eigenvalue weighted by Crippen LogP contribution is -2.33. The molecule has 1 amide bonds. The fraction of sp³-hybridized carbons (Fsp3) is 0.562. The molecule has 1 aromatic carbocycles. The van der Waals surface area contributed by atoms with Crippen molar-refractivity contribution in [3.05, 3.63) is 34.6 Å². The molecule has 6 heteroatoms. The minimum absolute atomic E-state index is 0. The van der Waals surface area contributed by atoms with Gasteiger partial charge in [-0.15, -0.1) is 12.4 Å². The molecule has 0 radical (unpaired) electrons. The number of carbonyl (C=O) groups is 1. The lowest BCUT2D eigenvalue weighted by molar-refractivity contribution is -0.122. The Morgan fingerprint density at radius 1 is 1.41 bits per heavy atom. The van der Waals surface area contributed by atoms with Crippen molar-refractivity contribution in [3.8, 4) is 0 Å². The molecule has 1 aromatic rings. The standard InChI is InChI=1S/C16H20ClFN2O.ClH/c17-11-4-2-5-12(18)16(11)10-8-14(10)20-15(21)7-9-3-1-6-13(9)19;/h2,4-5,9-10,13-14H,1,3,6-8,19H2,(H,20,21);1H/t9-,10?,13+,14?;/m0./s1. The third-order valence-electron chi connectivity index (χ3n) is 4.67. The van der Waals surface area contributed by atoms with Gasteiger partial charge in [-0.3, -0.25) is 4.79 Å². The van der Waals surface area contributed by atoms with E-state index in [1.54, 1.807) is 12.1 Å². The summed E-state index contributed by atoms with van der Waals surface area (Å²) in [5.74, 6) is 0.0264. The number of rotatable bonds is 4. The first-order valence-corrected chi connectivity index (χ1v) is 7.93.